The van der Waals surface area contributed by atoms with Crippen LogP contribution >= 0.6 is 11.6 Å². The van der Waals surface area contributed by atoms with E-state index in [1.54, 1.807) is 0 Å². The second-order valence-corrected chi connectivity index (χ2v) is 7.97. The highest BCUT2D eigenvalue weighted by molar-refractivity contribution is 6.19. The highest BCUT2D eigenvalue weighted by atomic mass is 35.5. The normalized spacial score (nSPS) is 12.3. The molecule has 0 bridgehead atoms. The Labute approximate surface area is 184 Å². The average molecular weight is 433 g/mol. The number of carbonyl (C=O) groups excluding carboxylic acids is 1. The zero-order valence-electron chi connectivity index (χ0n) is 18.0. The van der Waals surface area contributed by atoms with Crippen LogP contribution in [0.1, 0.15) is 90.0 Å². The van der Waals surface area contributed by atoms with E-state index < -0.39 is 5.97 Å². The number of halogens is 2. The van der Waals surface area contributed by atoms with E-state index in [1.807, 2.05) is 0 Å². The fourth-order valence-corrected chi connectivity index (χ4v) is 3.32. The van der Waals surface area contributed by atoms with Gasteiger partial charge in [0.25, 0.3) is 0 Å². The Morgan fingerprint density at radius 2 is 1.39 bits per heavy atom. The van der Waals surface area contributed by atoms with Gasteiger partial charge in [-0.05, 0) is 13.3 Å². The molecule has 1 aromatic rings. The molecule has 28 heavy (non-hydrogen) atoms. The number of quaternary nitrogens is 1. The van der Waals surface area contributed by atoms with E-state index in [0.717, 1.165) is 19.9 Å². The molecular weight excluding hydrogens is 393 g/mol. The third-order valence-corrected chi connectivity index (χ3v) is 5.26. The van der Waals surface area contributed by atoms with Gasteiger partial charge in [0.1, 0.15) is 6.54 Å². The molecule has 2 atom stereocenters. The predicted octanol–water partition coefficient (Wildman–Crippen LogP) is 1.34. The van der Waals surface area contributed by atoms with E-state index in [0.29, 0.717) is 0 Å². The molecule has 0 aliphatic heterocycles. The summed E-state index contributed by atoms with van der Waals surface area (Å²) in [6.07, 6.45) is 15.0. The van der Waals surface area contributed by atoms with Crippen molar-refractivity contribution in [3.8, 4) is 0 Å². The van der Waals surface area contributed by atoms with Crippen molar-refractivity contribution in [1.29, 1.82) is 0 Å². The number of aliphatic carboxylic acids is 1. The fraction of sp³-hybridized carbons (Fsp3) is 0.696. The van der Waals surface area contributed by atoms with E-state index >= 15 is 0 Å². The summed E-state index contributed by atoms with van der Waals surface area (Å²) in [6.45, 7) is 4.27. The van der Waals surface area contributed by atoms with Crippen LogP contribution < -0.4 is 22.4 Å². The van der Waals surface area contributed by atoms with Gasteiger partial charge in [-0.25, -0.2) is 0 Å². The number of carbonyl (C=O) groups is 1. The molecule has 1 N–H and O–H groups in total. The molecule has 0 fully saturated rings. The Balaban J connectivity index is 0. The third-order valence-electron chi connectivity index (χ3n) is 4.67. The van der Waals surface area contributed by atoms with Gasteiger partial charge in [-0.2, -0.15) is 0 Å². The maximum Gasteiger partial charge on any atom is 0.163 e. The molecule has 1 aromatic carbocycles. The van der Waals surface area contributed by atoms with Gasteiger partial charge < -0.3 is 27.2 Å². The van der Waals surface area contributed by atoms with E-state index in [2.05, 4.69) is 44.3 Å². The van der Waals surface area contributed by atoms with Crippen molar-refractivity contribution >= 4 is 17.6 Å². The number of hydrogen-bond acceptors (Lipinski definition) is 2. The SMILES string of the molecule is CC(=O)[O-].CCCCCCCCCCCCC(Cl)[NH+](C)Cc1ccccc1.[Cl-]. The quantitative estimate of drug-likeness (QED) is 0.273. The first kappa shape index (κ1) is 29.4. The third kappa shape index (κ3) is 20.0. The maximum absolute atomic E-state index is 8.89. The summed E-state index contributed by atoms with van der Waals surface area (Å²) in [7, 11) is 2.21. The lowest BCUT2D eigenvalue weighted by Crippen LogP contribution is -3.10. The first-order chi connectivity index (χ1) is 13.0. The van der Waals surface area contributed by atoms with Crippen LogP contribution in [-0.4, -0.2) is 18.5 Å². The van der Waals surface area contributed by atoms with Gasteiger partial charge in [0, 0.05) is 18.0 Å². The summed E-state index contributed by atoms with van der Waals surface area (Å²) in [6, 6.07) is 10.7. The van der Waals surface area contributed by atoms with Gasteiger partial charge in [-0.1, -0.05) is 107 Å². The fourth-order valence-electron chi connectivity index (χ4n) is 3.09. The van der Waals surface area contributed by atoms with Crippen molar-refractivity contribution in [1.82, 2.24) is 0 Å². The summed E-state index contributed by atoms with van der Waals surface area (Å²) >= 11 is 6.56. The van der Waals surface area contributed by atoms with Crippen LogP contribution in [0.25, 0.3) is 0 Å². The molecule has 5 heteroatoms. The molecule has 0 aliphatic carbocycles. The first-order valence-electron chi connectivity index (χ1n) is 10.6. The number of nitrogens with one attached hydrogen (secondary N) is 1. The Kier molecular flexibility index (Phi) is 22.0. The highest BCUT2D eigenvalue weighted by Gasteiger charge is 2.14. The molecule has 0 saturated heterocycles. The minimum atomic E-state index is -1.08. The van der Waals surface area contributed by atoms with Crippen LogP contribution in [0.15, 0.2) is 30.3 Å². The van der Waals surface area contributed by atoms with Crippen molar-refractivity contribution in [3.63, 3.8) is 0 Å². The second-order valence-electron chi connectivity index (χ2n) is 7.44. The largest absolute Gasteiger partial charge is 1.00 e. The molecular formula is C23H40Cl2NO2-. The van der Waals surface area contributed by atoms with Crippen LogP contribution in [0.4, 0.5) is 0 Å². The van der Waals surface area contributed by atoms with E-state index in [1.165, 1.54) is 74.7 Å². The number of carboxylic acids is 1. The number of carboxylic acid groups (broad SMARTS) is 1. The van der Waals surface area contributed by atoms with Crippen molar-refractivity contribution < 1.29 is 27.2 Å². The standard InChI is InChI=1S/C21H36ClN.C2H4O2.ClH/c1-3-4-5-6-7-8-9-10-11-15-18-21(22)23(2)19-20-16-13-12-14-17-20;1-2(3)4;/h12-14,16-17,21H,3-11,15,18-19H2,1-2H3;1H3,(H,3,4);1H/p-1. The smallest absolute Gasteiger partial charge is 0.163 e. The van der Waals surface area contributed by atoms with E-state index in [4.69, 9.17) is 21.5 Å². The molecule has 0 heterocycles. The minimum Gasteiger partial charge on any atom is -1.00 e. The maximum atomic E-state index is 8.89. The molecule has 0 aromatic heterocycles. The molecule has 2 unspecified atom stereocenters. The molecule has 164 valence electrons. The van der Waals surface area contributed by atoms with Gasteiger partial charge in [0.05, 0.1) is 7.05 Å². The van der Waals surface area contributed by atoms with Crippen LogP contribution in [0.5, 0.6) is 0 Å². The zero-order valence-corrected chi connectivity index (χ0v) is 19.5. The van der Waals surface area contributed by atoms with Gasteiger partial charge in [-0.15, -0.1) is 0 Å². The number of hydrogen-bond donors (Lipinski definition) is 1. The number of rotatable bonds is 14. The average Bonchev–Trinajstić information content (AvgIpc) is 2.63. The molecule has 0 radical (unpaired) electrons. The summed E-state index contributed by atoms with van der Waals surface area (Å²) in [5.74, 6) is -1.08. The first-order valence-corrected chi connectivity index (χ1v) is 11.1. The molecule has 0 spiro atoms. The van der Waals surface area contributed by atoms with Crippen LogP contribution in [0.2, 0.25) is 0 Å². The van der Waals surface area contributed by atoms with Crippen molar-refractivity contribution in [2.45, 2.75) is 96.5 Å². The van der Waals surface area contributed by atoms with Crippen molar-refractivity contribution in [2.75, 3.05) is 7.05 Å². The van der Waals surface area contributed by atoms with Crippen LogP contribution in [0, 0.1) is 0 Å². The van der Waals surface area contributed by atoms with E-state index in [9.17, 15) is 0 Å². The van der Waals surface area contributed by atoms with Crippen molar-refractivity contribution in [2.24, 2.45) is 0 Å². The highest BCUT2D eigenvalue weighted by Crippen LogP contribution is 2.12. The monoisotopic (exact) mass is 432 g/mol. The topological polar surface area (TPSA) is 44.6 Å². The summed E-state index contributed by atoms with van der Waals surface area (Å²) < 4.78 is 0. The Hall–Kier alpha value is -0.770. The van der Waals surface area contributed by atoms with Crippen molar-refractivity contribution in [3.05, 3.63) is 35.9 Å². The number of alkyl halides is 1. The van der Waals surface area contributed by atoms with Gasteiger partial charge in [0.15, 0.2) is 5.50 Å². The molecule has 3 nitrogen and oxygen atoms in total. The van der Waals surface area contributed by atoms with E-state index in [-0.39, 0.29) is 17.9 Å². The van der Waals surface area contributed by atoms with Crippen LogP contribution in [-0.2, 0) is 11.3 Å². The Morgan fingerprint density at radius 1 is 0.964 bits per heavy atom. The summed E-state index contributed by atoms with van der Waals surface area (Å²) in [4.78, 5) is 10.3. The molecule has 0 saturated carbocycles. The predicted molar refractivity (Wildman–Crippen MR) is 114 cm³/mol. The Morgan fingerprint density at radius 3 is 1.86 bits per heavy atom. The number of unbranched alkanes of at least 4 members (excludes halogenated alkanes) is 9. The lowest BCUT2D eigenvalue weighted by atomic mass is 10.1. The Bertz CT molecular complexity index is 453. The number of benzene rings is 1. The van der Waals surface area contributed by atoms with Gasteiger partial charge in [-0.3, -0.25) is 0 Å². The molecule has 0 amide bonds. The van der Waals surface area contributed by atoms with Crippen LogP contribution in [0.3, 0.4) is 0 Å². The second kappa shape index (κ2) is 21.0. The zero-order chi connectivity index (χ0) is 20.3. The molecule has 1 rings (SSSR count). The van der Waals surface area contributed by atoms with Gasteiger partial charge in [0.2, 0.25) is 0 Å². The summed E-state index contributed by atoms with van der Waals surface area (Å²) in [5, 5.41) is 8.89. The lowest BCUT2D eigenvalue weighted by Gasteiger charge is -2.19. The van der Waals surface area contributed by atoms with Gasteiger partial charge >= 0.3 is 0 Å². The molecule has 0 aliphatic rings. The summed E-state index contributed by atoms with van der Waals surface area (Å²) in [5.41, 5.74) is 1.61. The minimum absolute atomic E-state index is 0. The lowest BCUT2D eigenvalue weighted by molar-refractivity contribution is -0.906.